The molecule has 0 unspecified atom stereocenters. The summed E-state index contributed by atoms with van der Waals surface area (Å²) in [7, 11) is 0. The van der Waals surface area contributed by atoms with Crippen LogP contribution in [0.4, 0.5) is 5.69 Å². The van der Waals surface area contributed by atoms with Gasteiger partial charge >= 0.3 is 5.97 Å². The Balaban J connectivity index is 2.73. The summed E-state index contributed by atoms with van der Waals surface area (Å²) in [6.45, 7) is 8.01. The maximum Gasteiger partial charge on any atom is 0.310 e. The van der Waals surface area contributed by atoms with E-state index in [1.165, 1.54) is 0 Å². The Kier molecular flexibility index (Phi) is 7.23. The van der Waals surface area contributed by atoms with Gasteiger partial charge in [0.2, 0.25) is 5.91 Å². The molecular weight excluding hydrogens is 294 g/mol. The molecule has 1 amide bonds. The van der Waals surface area contributed by atoms with Crippen LogP contribution in [0.2, 0.25) is 0 Å². The van der Waals surface area contributed by atoms with E-state index < -0.39 is 11.4 Å². The molecule has 0 aliphatic rings. The minimum absolute atomic E-state index is 0.0257. The number of amides is 1. The first-order valence-corrected chi connectivity index (χ1v) is 8.06. The number of anilines is 1. The van der Waals surface area contributed by atoms with Crippen LogP contribution in [0.3, 0.4) is 0 Å². The van der Waals surface area contributed by atoms with Crippen molar-refractivity contribution in [2.24, 2.45) is 5.41 Å². The van der Waals surface area contributed by atoms with E-state index in [1.807, 2.05) is 32.0 Å². The van der Waals surface area contributed by atoms with Crippen LogP contribution in [0, 0.1) is 5.41 Å². The van der Waals surface area contributed by atoms with E-state index in [-0.39, 0.29) is 18.4 Å². The summed E-state index contributed by atoms with van der Waals surface area (Å²) in [6, 6.07) is 7.41. The van der Waals surface area contributed by atoms with Gasteiger partial charge in [-0.05, 0) is 44.4 Å². The highest BCUT2D eigenvalue weighted by Crippen LogP contribution is 2.31. The quantitative estimate of drug-likeness (QED) is 0.725. The monoisotopic (exact) mass is 321 g/mol. The lowest BCUT2D eigenvalue weighted by Gasteiger charge is -2.25. The molecule has 0 aliphatic carbocycles. The third-order valence-electron chi connectivity index (χ3n) is 4.10. The first-order valence-electron chi connectivity index (χ1n) is 8.06. The number of benzene rings is 1. The van der Waals surface area contributed by atoms with Crippen LogP contribution in [0.5, 0.6) is 0 Å². The molecule has 0 radical (unpaired) electrons. The van der Waals surface area contributed by atoms with Crippen molar-refractivity contribution in [2.75, 3.05) is 5.32 Å². The number of carboxylic acids is 1. The van der Waals surface area contributed by atoms with E-state index in [9.17, 15) is 14.7 Å². The molecule has 1 aromatic rings. The highest BCUT2D eigenvalue weighted by atomic mass is 16.5. The smallest absolute Gasteiger partial charge is 0.310 e. The van der Waals surface area contributed by atoms with Gasteiger partial charge in [-0.2, -0.15) is 0 Å². The van der Waals surface area contributed by atoms with Gasteiger partial charge in [0.1, 0.15) is 0 Å². The lowest BCUT2D eigenvalue weighted by Crippen LogP contribution is -2.34. The number of carbonyl (C=O) groups excluding carboxylic acids is 1. The van der Waals surface area contributed by atoms with Gasteiger partial charge < -0.3 is 15.2 Å². The molecule has 2 N–H and O–H groups in total. The Morgan fingerprint density at radius 1 is 1.26 bits per heavy atom. The van der Waals surface area contributed by atoms with E-state index in [4.69, 9.17) is 4.74 Å². The van der Waals surface area contributed by atoms with Crippen molar-refractivity contribution >= 4 is 17.6 Å². The average molecular weight is 321 g/mol. The number of rotatable bonds is 9. The SMILES string of the molecule is CCC(CC)(CC(=O)Nc1cccc(COC(C)C)c1)C(=O)O. The van der Waals surface area contributed by atoms with Crippen molar-refractivity contribution in [3.05, 3.63) is 29.8 Å². The molecule has 5 nitrogen and oxygen atoms in total. The molecule has 0 saturated heterocycles. The minimum Gasteiger partial charge on any atom is -0.481 e. The van der Waals surface area contributed by atoms with Crippen molar-refractivity contribution in [3.63, 3.8) is 0 Å². The van der Waals surface area contributed by atoms with Gasteiger partial charge in [-0.1, -0.05) is 26.0 Å². The average Bonchev–Trinajstić information content (AvgIpc) is 2.50. The van der Waals surface area contributed by atoms with Crippen molar-refractivity contribution in [3.8, 4) is 0 Å². The van der Waals surface area contributed by atoms with Gasteiger partial charge in [0.15, 0.2) is 0 Å². The van der Waals surface area contributed by atoms with Gasteiger partial charge in [-0.25, -0.2) is 0 Å². The summed E-state index contributed by atoms with van der Waals surface area (Å²) in [5, 5.41) is 12.2. The van der Waals surface area contributed by atoms with Gasteiger partial charge in [0, 0.05) is 12.1 Å². The zero-order valence-electron chi connectivity index (χ0n) is 14.4. The zero-order valence-corrected chi connectivity index (χ0v) is 14.4. The number of carbonyl (C=O) groups is 2. The van der Waals surface area contributed by atoms with E-state index in [0.717, 1.165) is 5.56 Å². The van der Waals surface area contributed by atoms with Gasteiger partial charge in [0.05, 0.1) is 18.1 Å². The first kappa shape index (κ1) is 19.2. The Hall–Kier alpha value is -1.88. The maximum absolute atomic E-state index is 12.2. The standard InChI is InChI=1S/C18H27NO4/c1-5-18(6-2,17(21)22)11-16(20)19-15-9-7-8-14(10-15)12-23-13(3)4/h7-10,13H,5-6,11-12H2,1-4H3,(H,19,20)(H,21,22). The van der Waals surface area contributed by atoms with Gasteiger partial charge in [-0.3, -0.25) is 9.59 Å². The molecule has 0 aliphatic heterocycles. The second-order valence-corrected chi connectivity index (χ2v) is 6.08. The molecule has 23 heavy (non-hydrogen) atoms. The van der Waals surface area contributed by atoms with Crippen LogP contribution in [0.25, 0.3) is 0 Å². The number of hydrogen-bond donors (Lipinski definition) is 2. The number of aliphatic carboxylic acids is 1. The van der Waals surface area contributed by atoms with Crippen LogP contribution in [0.1, 0.15) is 52.5 Å². The summed E-state index contributed by atoms with van der Waals surface area (Å²) in [6.07, 6.45) is 0.962. The second-order valence-electron chi connectivity index (χ2n) is 6.08. The predicted octanol–water partition coefficient (Wildman–Crippen LogP) is 3.83. The Labute approximate surface area is 138 Å². The highest BCUT2D eigenvalue weighted by molar-refractivity contribution is 5.94. The van der Waals surface area contributed by atoms with Crippen LogP contribution in [-0.2, 0) is 20.9 Å². The molecule has 0 atom stereocenters. The van der Waals surface area contributed by atoms with Crippen molar-refractivity contribution in [2.45, 2.75) is 59.7 Å². The maximum atomic E-state index is 12.2. The molecule has 0 spiro atoms. The number of ether oxygens (including phenoxy) is 1. The fourth-order valence-electron chi connectivity index (χ4n) is 2.39. The molecule has 0 aromatic heterocycles. The van der Waals surface area contributed by atoms with Crippen LogP contribution >= 0.6 is 0 Å². The van der Waals surface area contributed by atoms with Crippen LogP contribution in [0.15, 0.2) is 24.3 Å². The van der Waals surface area contributed by atoms with Gasteiger partial charge in [0.25, 0.3) is 0 Å². The molecule has 128 valence electrons. The first-order chi connectivity index (χ1) is 10.8. The van der Waals surface area contributed by atoms with E-state index in [1.54, 1.807) is 19.9 Å². The van der Waals surface area contributed by atoms with Crippen molar-refractivity contribution in [1.29, 1.82) is 0 Å². The van der Waals surface area contributed by atoms with E-state index in [0.29, 0.717) is 25.1 Å². The number of nitrogens with one attached hydrogen (secondary N) is 1. The third kappa shape index (κ3) is 5.67. The lowest BCUT2D eigenvalue weighted by molar-refractivity contribution is -0.151. The minimum atomic E-state index is -0.998. The Bertz CT molecular complexity index is 536. The Morgan fingerprint density at radius 2 is 1.91 bits per heavy atom. The normalized spacial score (nSPS) is 11.5. The summed E-state index contributed by atoms with van der Waals surface area (Å²) in [5.41, 5.74) is 0.626. The predicted molar refractivity (Wildman–Crippen MR) is 90.3 cm³/mol. The highest BCUT2D eigenvalue weighted by Gasteiger charge is 2.37. The van der Waals surface area contributed by atoms with E-state index >= 15 is 0 Å². The van der Waals surface area contributed by atoms with Crippen LogP contribution < -0.4 is 5.32 Å². The summed E-state index contributed by atoms with van der Waals surface area (Å²) >= 11 is 0. The molecule has 0 fully saturated rings. The molecule has 1 rings (SSSR count). The van der Waals surface area contributed by atoms with Crippen LogP contribution in [-0.4, -0.2) is 23.1 Å². The summed E-state index contributed by atoms with van der Waals surface area (Å²) in [4.78, 5) is 23.7. The largest absolute Gasteiger partial charge is 0.481 e. The summed E-state index contributed by atoms with van der Waals surface area (Å²) in [5.74, 6) is -1.20. The Morgan fingerprint density at radius 3 is 2.43 bits per heavy atom. The number of carboxylic acid groups (broad SMARTS) is 1. The van der Waals surface area contributed by atoms with Crippen molar-refractivity contribution in [1.82, 2.24) is 0 Å². The molecule has 0 saturated carbocycles. The number of hydrogen-bond acceptors (Lipinski definition) is 3. The third-order valence-corrected chi connectivity index (χ3v) is 4.10. The molecular formula is C18H27NO4. The fourth-order valence-corrected chi connectivity index (χ4v) is 2.39. The zero-order chi connectivity index (χ0) is 17.5. The fraction of sp³-hybridized carbons (Fsp3) is 0.556. The topological polar surface area (TPSA) is 75.6 Å². The van der Waals surface area contributed by atoms with E-state index in [2.05, 4.69) is 5.32 Å². The lowest BCUT2D eigenvalue weighted by atomic mass is 9.79. The van der Waals surface area contributed by atoms with Crippen molar-refractivity contribution < 1.29 is 19.4 Å². The van der Waals surface area contributed by atoms with Gasteiger partial charge in [-0.15, -0.1) is 0 Å². The second kappa shape index (κ2) is 8.67. The molecule has 5 heteroatoms. The molecule has 0 heterocycles. The molecule has 0 bridgehead atoms. The molecule has 1 aromatic carbocycles. The summed E-state index contributed by atoms with van der Waals surface area (Å²) < 4.78 is 5.54.